The zero-order valence-electron chi connectivity index (χ0n) is 9.24. The molecule has 1 heterocycles. The van der Waals surface area contributed by atoms with E-state index in [1.807, 2.05) is 0 Å². The fourth-order valence-electron chi connectivity index (χ4n) is 1.98. The van der Waals surface area contributed by atoms with Crippen molar-refractivity contribution in [3.63, 3.8) is 0 Å². The minimum Gasteiger partial charge on any atom is -0.453 e. The number of nitrogens with zero attached hydrogens (tertiary/aromatic N) is 2. The van der Waals surface area contributed by atoms with Gasteiger partial charge in [0.25, 0.3) is 0 Å². The first kappa shape index (κ1) is 10.7. The van der Waals surface area contributed by atoms with E-state index in [0.717, 1.165) is 45.6 Å². The molecule has 0 aromatic rings. The predicted octanol–water partition coefficient (Wildman–Crippen LogP) is -0.138. The summed E-state index contributed by atoms with van der Waals surface area (Å²) in [5, 5.41) is 0. The van der Waals surface area contributed by atoms with Crippen LogP contribution in [0.5, 0.6) is 0 Å². The molecule has 5 nitrogen and oxygen atoms in total. The number of ether oxygens (including phenoxy) is 1. The Morgan fingerprint density at radius 1 is 1.33 bits per heavy atom. The van der Waals surface area contributed by atoms with Crippen molar-refractivity contribution in [1.82, 2.24) is 9.80 Å². The van der Waals surface area contributed by atoms with E-state index in [1.165, 1.54) is 7.11 Å². The van der Waals surface area contributed by atoms with Crippen LogP contribution in [0.25, 0.3) is 0 Å². The van der Waals surface area contributed by atoms with Crippen LogP contribution in [0.1, 0.15) is 12.8 Å². The van der Waals surface area contributed by atoms with Crippen LogP contribution in [-0.2, 0) is 4.74 Å². The molecule has 2 fully saturated rings. The Bertz CT molecular complexity index is 245. The van der Waals surface area contributed by atoms with Crippen LogP contribution < -0.4 is 5.73 Å². The van der Waals surface area contributed by atoms with E-state index >= 15 is 0 Å². The molecule has 5 heteroatoms. The van der Waals surface area contributed by atoms with Crippen LogP contribution in [0.3, 0.4) is 0 Å². The molecular formula is C10H19N3O2. The highest BCUT2D eigenvalue weighted by molar-refractivity contribution is 5.67. The first-order valence-electron chi connectivity index (χ1n) is 5.47. The monoisotopic (exact) mass is 213 g/mol. The van der Waals surface area contributed by atoms with Gasteiger partial charge in [-0.2, -0.15) is 0 Å². The zero-order chi connectivity index (χ0) is 10.9. The van der Waals surface area contributed by atoms with Gasteiger partial charge in [-0.15, -0.1) is 0 Å². The van der Waals surface area contributed by atoms with Gasteiger partial charge < -0.3 is 15.4 Å². The second-order valence-electron chi connectivity index (χ2n) is 4.60. The molecule has 2 aliphatic rings. The maximum absolute atomic E-state index is 11.2. The highest BCUT2D eigenvalue weighted by Crippen LogP contribution is 2.33. The van der Waals surface area contributed by atoms with Crippen molar-refractivity contribution < 1.29 is 9.53 Å². The molecule has 1 amide bonds. The van der Waals surface area contributed by atoms with Gasteiger partial charge in [0, 0.05) is 38.3 Å². The number of amides is 1. The first-order chi connectivity index (χ1) is 7.13. The highest BCUT2D eigenvalue weighted by Gasteiger charge is 2.40. The van der Waals surface area contributed by atoms with Crippen LogP contribution in [0.15, 0.2) is 0 Å². The minimum absolute atomic E-state index is 0.0768. The van der Waals surface area contributed by atoms with E-state index in [1.54, 1.807) is 4.90 Å². The van der Waals surface area contributed by atoms with Gasteiger partial charge >= 0.3 is 6.09 Å². The molecule has 2 N–H and O–H groups in total. The van der Waals surface area contributed by atoms with Crippen molar-refractivity contribution in [2.24, 2.45) is 5.73 Å². The second kappa shape index (κ2) is 3.98. The van der Waals surface area contributed by atoms with Gasteiger partial charge in [0.15, 0.2) is 0 Å². The van der Waals surface area contributed by atoms with Crippen LogP contribution in [0.2, 0.25) is 0 Å². The molecule has 15 heavy (non-hydrogen) atoms. The van der Waals surface area contributed by atoms with Gasteiger partial charge in [-0.05, 0) is 12.8 Å². The Balaban J connectivity index is 1.74. The number of methoxy groups -OCH3 is 1. The van der Waals surface area contributed by atoms with E-state index in [9.17, 15) is 4.79 Å². The summed E-state index contributed by atoms with van der Waals surface area (Å²) in [6.45, 7) is 4.30. The Kier molecular flexibility index (Phi) is 2.84. The van der Waals surface area contributed by atoms with Gasteiger partial charge in [-0.3, -0.25) is 4.90 Å². The largest absolute Gasteiger partial charge is 0.453 e. The third kappa shape index (κ3) is 2.60. The lowest BCUT2D eigenvalue weighted by Gasteiger charge is -2.35. The lowest BCUT2D eigenvalue weighted by atomic mass is 10.2. The van der Waals surface area contributed by atoms with Gasteiger partial charge in [0.1, 0.15) is 0 Å². The summed E-state index contributed by atoms with van der Waals surface area (Å²) < 4.78 is 4.68. The molecule has 86 valence electrons. The fraction of sp³-hybridized carbons (Fsp3) is 0.900. The van der Waals surface area contributed by atoms with Crippen molar-refractivity contribution in [3.05, 3.63) is 0 Å². The molecule has 2 rings (SSSR count). The fourth-order valence-corrected chi connectivity index (χ4v) is 1.98. The molecule has 0 radical (unpaired) electrons. The number of carbonyl (C=O) groups excluding carboxylic acids is 1. The normalized spacial score (nSPS) is 25.1. The van der Waals surface area contributed by atoms with E-state index in [4.69, 9.17) is 5.73 Å². The van der Waals surface area contributed by atoms with E-state index < -0.39 is 0 Å². The third-order valence-corrected chi connectivity index (χ3v) is 3.24. The SMILES string of the molecule is COC(=O)N1CCN(CC2(N)CC2)CC1. The molecule has 1 saturated carbocycles. The first-order valence-corrected chi connectivity index (χ1v) is 5.47. The van der Waals surface area contributed by atoms with E-state index in [2.05, 4.69) is 9.64 Å². The van der Waals surface area contributed by atoms with Crippen molar-refractivity contribution in [2.75, 3.05) is 39.8 Å². The van der Waals surface area contributed by atoms with Crippen molar-refractivity contribution in [1.29, 1.82) is 0 Å². The molecule has 1 aliphatic heterocycles. The van der Waals surface area contributed by atoms with E-state index in [0.29, 0.717) is 0 Å². The Morgan fingerprint density at radius 3 is 2.40 bits per heavy atom. The summed E-state index contributed by atoms with van der Waals surface area (Å²) in [7, 11) is 1.42. The molecule has 1 aliphatic carbocycles. The number of rotatable bonds is 2. The van der Waals surface area contributed by atoms with Gasteiger partial charge in [0.2, 0.25) is 0 Å². The lowest BCUT2D eigenvalue weighted by molar-refractivity contribution is 0.0883. The number of hydrogen-bond donors (Lipinski definition) is 1. The average molecular weight is 213 g/mol. The topological polar surface area (TPSA) is 58.8 Å². The Labute approximate surface area is 90.1 Å². The number of nitrogens with two attached hydrogens (primary N) is 1. The molecule has 1 saturated heterocycles. The molecule has 0 aromatic heterocycles. The summed E-state index contributed by atoms with van der Waals surface area (Å²) in [6.07, 6.45) is 2.07. The van der Waals surface area contributed by atoms with Crippen molar-refractivity contribution >= 4 is 6.09 Å². The molecule has 0 unspecified atom stereocenters. The summed E-state index contributed by atoms with van der Waals surface area (Å²) >= 11 is 0. The van der Waals surface area contributed by atoms with Crippen LogP contribution in [0, 0.1) is 0 Å². The predicted molar refractivity (Wildman–Crippen MR) is 56.6 cm³/mol. The Hall–Kier alpha value is -0.810. The lowest BCUT2D eigenvalue weighted by Crippen LogP contribution is -2.52. The number of hydrogen-bond acceptors (Lipinski definition) is 4. The van der Waals surface area contributed by atoms with Crippen LogP contribution >= 0.6 is 0 Å². The van der Waals surface area contributed by atoms with Crippen LogP contribution in [-0.4, -0.2) is 61.3 Å². The summed E-state index contributed by atoms with van der Waals surface area (Å²) in [5.74, 6) is 0. The maximum atomic E-state index is 11.2. The molecule has 0 aromatic carbocycles. The molecule has 0 spiro atoms. The van der Waals surface area contributed by atoms with Crippen molar-refractivity contribution in [2.45, 2.75) is 18.4 Å². The van der Waals surface area contributed by atoms with Crippen molar-refractivity contribution in [3.8, 4) is 0 Å². The van der Waals surface area contributed by atoms with Crippen LogP contribution in [0.4, 0.5) is 4.79 Å². The average Bonchev–Trinajstić information content (AvgIpc) is 2.96. The summed E-state index contributed by atoms with van der Waals surface area (Å²) in [4.78, 5) is 15.3. The minimum atomic E-state index is -0.219. The van der Waals surface area contributed by atoms with Gasteiger partial charge in [-0.25, -0.2) is 4.79 Å². The molecule has 0 atom stereocenters. The Morgan fingerprint density at radius 2 is 1.93 bits per heavy atom. The molecular weight excluding hydrogens is 194 g/mol. The maximum Gasteiger partial charge on any atom is 0.409 e. The molecule has 0 bridgehead atoms. The van der Waals surface area contributed by atoms with E-state index in [-0.39, 0.29) is 11.6 Å². The summed E-state index contributed by atoms with van der Waals surface area (Å²) in [5.41, 5.74) is 6.13. The zero-order valence-corrected chi connectivity index (χ0v) is 9.24. The second-order valence-corrected chi connectivity index (χ2v) is 4.60. The van der Waals surface area contributed by atoms with Gasteiger partial charge in [0.05, 0.1) is 7.11 Å². The highest BCUT2D eigenvalue weighted by atomic mass is 16.5. The summed E-state index contributed by atoms with van der Waals surface area (Å²) in [6, 6.07) is 0. The number of piperazine rings is 1. The standard InChI is InChI=1S/C10H19N3O2/c1-15-9(14)13-6-4-12(5-7-13)8-10(11)2-3-10/h2-8,11H2,1H3. The number of carbonyl (C=O) groups is 1. The third-order valence-electron chi connectivity index (χ3n) is 3.24. The smallest absolute Gasteiger partial charge is 0.409 e. The van der Waals surface area contributed by atoms with Gasteiger partial charge in [-0.1, -0.05) is 0 Å². The quantitative estimate of drug-likeness (QED) is 0.693.